The molecule has 26 heavy (non-hydrogen) atoms. The van der Waals surface area contributed by atoms with Crippen LogP contribution >= 0.6 is 0 Å². The molecule has 0 saturated carbocycles. The van der Waals surface area contributed by atoms with Crippen molar-refractivity contribution in [1.82, 2.24) is 5.32 Å². The van der Waals surface area contributed by atoms with E-state index in [4.69, 9.17) is 0 Å². The van der Waals surface area contributed by atoms with Crippen molar-refractivity contribution in [3.8, 4) is 11.1 Å². The van der Waals surface area contributed by atoms with Crippen molar-refractivity contribution >= 4 is 0 Å². The molecule has 0 saturated heterocycles. The van der Waals surface area contributed by atoms with E-state index in [9.17, 15) is 0 Å². The molecule has 0 heterocycles. The van der Waals surface area contributed by atoms with E-state index in [1.807, 2.05) is 0 Å². The van der Waals surface area contributed by atoms with Gasteiger partial charge in [-0.05, 0) is 66.3 Å². The van der Waals surface area contributed by atoms with E-state index in [1.54, 1.807) is 0 Å². The van der Waals surface area contributed by atoms with Gasteiger partial charge in [-0.3, -0.25) is 0 Å². The third kappa shape index (κ3) is 5.24. The molecule has 0 bridgehead atoms. The summed E-state index contributed by atoms with van der Waals surface area (Å²) in [5, 5.41) is 3.56. The molecule has 0 amide bonds. The summed E-state index contributed by atoms with van der Waals surface area (Å²) in [6, 6.07) is 16.4. The number of aryl methyl sites for hydroxylation is 2. The smallest absolute Gasteiger partial charge is 0.0270 e. The first-order valence-electron chi connectivity index (χ1n) is 10.1. The fourth-order valence-electron chi connectivity index (χ4n) is 3.37. The Morgan fingerprint density at radius 2 is 1.58 bits per heavy atom. The maximum absolute atomic E-state index is 4.18. The van der Waals surface area contributed by atoms with E-state index in [1.165, 1.54) is 27.8 Å². The summed E-state index contributed by atoms with van der Waals surface area (Å²) in [4.78, 5) is 0. The van der Waals surface area contributed by atoms with Crippen LogP contribution < -0.4 is 5.32 Å². The number of nitrogens with one attached hydrogen (secondary N) is 1. The van der Waals surface area contributed by atoms with Crippen LogP contribution in [0.4, 0.5) is 0 Å². The molecule has 0 radical (unpaired) electrons. The zero-order chi connectivity index (χ0) is 19.1. The molecule has 1 heteroatoms. The Balaban J connectivity index is 2.08. The Kier molecular flexibility index (Phi) is 7.50. The predicted molar refractivity (Wildman–Crippen MR) is 116 cm³/mol. The van der Waals surface area contributed by atoms with E-state index in [2.05, 4.69) is 89.0 Å². The van der Waals surface area contributed by atoms with Crippen molar-refractivity contribution in [3.63, 3.8) is 0 Å². The van der Waals surface area contributed by atoms with Crippen LogP contribution in [0.2, 0.25) is 0 Å². The van der Waals surface area contributed by atoms with Gasteiger partial charge in [0.15, 0.2) is 0 Å². The van der Waals surface area contributed by atoms with Crippen LogP contribution in [0.3, 0.4) is 0 Å². The van der Waals surface area contributed by atoms with Gasteiger partial charge in [-0.2, -0.15) is 0 Å². The lowest BCUT2D eigenvalue weighted by Crippen LogP contribution is -2.29. The minimum absolute atomic E-state index is 0.400. The van der Waals surface area contributed by atoms with Crippen LogP contribution in [0.5, 0.6) is 0 Å². The summed E-state index contributed by atoms with van der Waals surface area (Å²) in [5.41, 5.74) is 8.07. The predicted octanol–water partition coefficient (Wildman–Crippen LogP) is 6.56. The van der Waals surface area contributed by atoms with E-state index in [0.717, 1.165) is 31.4 Å². The lowest BCUT2D eigenvalue weighted by Gasteiger charge is -2.21. The highest BCUT2D eigenvalue weighted by atomic mass is 14.9. The zero-order valence-corrected chi connectivity index (χ0v) is 17.2. The normalized spacial score (nSPS) is 13.3. The standard InChI is InChI=1S/C25H35N/c1-7-18(4)20(6)26-19(5)16-22-10-13-24(14-11-22)25-15-12-21(8-2)17-23(25)9-3/h10-15,17-19,26H,6-9,16H2,1-5H3/t18-,19+/m0/s1. The molecule has 0 aliphatic rings. The fraction of sp³-hybridized carbons (Fsp3) is 0.440. The molecule has 0 aliphatic carbocycles. The third-order valence-electron chi connectivity index (χ3n) is 5.40. The molecule has 0 aromatic heterocycles. The number of hydrogen-bond donors (Lipinski definition) is 1. The highest BCUT2D eigenvalue weighted by molar-refractivity contribution is 5.68. The van der Waals surface area contributed by atoms with E-state index >= 15 is 0 Å². The van der Waals surface area contributed by atoms with Gasteiger partial charge in [-0.1, -0.05) is 76.7 Å². The molecule has 140 valence electrons. The summed E-state index contributed by atoms with van der Waals surface area (Å²) >= 11 is 0. The molecule has 2 aromatic carbocycles. The van der Waals surface area contributed by atoms with Crippen molar-refractivity contribution < 1.29 is 0 Å². The van der Waals surface area contributed by atoms with Crippen molar-refractivity contribution in [2.45, 2.75) is 66.3 Å². The number of benzene rings is 2. The van der Waals surface area contributed by atoms with Crippen LogP contribution in [-0.4, -0.2) is 6.04 Å². The maximum Gasteiger partial charge on any atom is 0.0270 e. The van der Waals surface area contributed by atoms with Crippen molar-refractivity contribution in [3.05, 3.63) is 71.4 Å². The van der Waals surface area contributed by atoms with Gasteiger partial charge in [0.1, 0.15) is 0 Å². The van der Waals surface area contributed by atoms with Crippen LogP contribution in [0, 0.1) is 5.92 Å². The maximum atomic E-state index is 4.18. The minimum atomic E-state index is 0.400. The van der Waals surface area contributed by atoms with Crippen LogP contribution in [0.25, 0.3) is 11.1 Å². The molecule has 2 atom stereocenters. The third-order valence-corrected chi connectivity index (χ3v) is 5.40. The second-order valence-electron chi connectivity index (χ2n) is 7.48. The summed E-state index contributed by atoms with van der Waals surface area (Å²) in [5.74, 6) is 0.526. The second-order valence-corrected chi connectivity index (χ2v) is 7.48. The average molecular weight is 350 g/mol. The summed E-state index contributed by atoms with van der Waals surface area (Å²) in [7, 11) is 0. The first-order chi connectivity index (χ1) is 12.5. The van der Waals surface area contributed by atoms with E-state index in [-0.39, 0.29) is 0 Å². The van der Waals surface area contributed by atoms with Crippen molar-refractivity contribution in [2.75, 3.05) is 0 Å². The molecule has 2 rings (SSSR count). The van der Waals surface area contributed by atoms with Crippen LogP contribution in [-0.2, 0) is 19.3 Å². The van der Waals surface area contributed by atoms with Gasteiger partial charge in [0.2, 0.25) is 0 Å². The highest BCUT2D eigenvalue weighted by Gasteiger charge is 2.10. The molecule has 0 unspecified atom stereocenters. The minimum Gasteiger partial charge on any atom is -0.386 e. The Bertz CT molecular complexity index is 711. The monoisotopic (exact) mass is 349 g/mol. The van der Waals surface area contributed by atoms with Crippen molar-refractivity contribution in [1.29, 1.82) is 0 Å². The summed E-state index contributed by atoms with van der Waals surface area (Å²) in [6.45, 7) is 15.3. The number of hydrogen-bond acceptors (Lipinski definition) is 1. The average Bonchev–Trinajstić information content (AvgIpc) is 2.67. The first-order valence-corrected chi connectivity index (χ1v) is 10.1. The lowest BCUT2D eigenvalue weighted by atomic mass is 9.94. The van der Waals surface area contributed by atoms with Crippen LogP contribution in [0.1, 0.15) is 57.7 Å². The Labute approximate surface area is 160 Å². The number of allylic oxidation sites excluding steroid dienone is 1. The van der Waals surface area contributed by atoms with Gasteiger partial charge in [0.05, 0.1) is 0 Å². The Morgan fingerprint density at radius 3 is 2.15 bits per heavy atom. The molecular weight excluding hydrogens is 314 g/mol. The first kappa shape index (κ1) is 20.3. The van der Waals surface area contributed by atoms with Gasteiger partial charge < -0.3 is 5.32 Å². The largest absolute Gasteiger partial charge is 0.386 e. The molecular formula is C25H35N. The molecule has 1 nitrogen and oxygen atoms in total. The van der Waals surface area contributed by atoms with E-state index in [0.29, 0.717) is 12.0 Å². The fourth-order valence-corrected chi connectivity index (χ4v) is 3.37. The quantitative estimate of drug-likeness (QED) is 0.540. The van der Waals surface area contributed by atoms with Crippen molar-refractivity contribution in [2.24, 2.45) is 5.92 Å². The van der Waals surface area contributed by atoms with Crippen LogP contribution in [0.15, 0.2) is 54.7 Å². The second kappa shape index (κ2) is 9.62. The molecule has 0 fully saturated rings. The van der Waals surface area contributed by atoms with Gasteiger partial charge >= 0.3 is 0 Å². The summed E-state index contributed by atoms with van der Waals surface area (Å²) < 4.78 is 0. The van der Waals surface area contributed by atoms with E-state index < -0.39 is 0 Å². The topological polar surface area (TPSA) is 12.0 Å². The van der Waals surface area contributed by atoms with Gasteiger partial charge in [-0.25, -0.2) is 0 Å². The molecule has 0 spiro atoms. The highest BCUT2D eigenvalue weighted by Crippen LogP contribution is 2.26. The zero-order valence-electron chi connectivity index (χ0n) is 17.2. The van der Waals surface area contributed by atoms with Gasteiger partial charge in [0, 0.05) is 11.7 Å². The Morgan fingerprint density at radius 1 is 0.923 bits per heavy atom. The molecule has 0 aliphatic heterocycles. The number of rotatable bonds is 9. The molecule has 2 aromatic rings. The SMILES string of the molecule is C=C(N[C@H](C)Cc1ccc(-c2ccc(CC)cc2CC)cc1)[C@@H](C)CC. The van der Waals surface area contributed by atoms with Gasteiger partial charge in [-0.15, -0.1) is 0 Å². The molecule has 1 N–H and O–H groups in total. The van der Waals surface area contributed by atoms with Gasteiger partial charge in [0.25, 0.3) is 0 Å². The lowest BCUT2D eigenvalue weighted by molar-refractivity contribution is 0.528. The summed E-state index contributed by atoms with van der Waals surface area (Å²) in [6.07, 6.45) is 4.32. The Hall–Kier alpha value is -2.02.